The highest BCUT2D eigenvalue weighted by atomic mass is 32.2. The highest BCUT2D eigenvalue weighted by Crippen LogP contribution is 2.27. The highest BCUT2D eigenvalue weighted by molar-refractivity contribution is 7.99. The summed E-state index contributed by atoms with van der Waals surface area (Å²) in [6.07, 6.45) is 5.14. The first-order valence-corrected chi connectivity index (χ1v) is 9.04. The van der Waals surface area contributed by atoms with Gasteiger partial charge >= 0.3 is 0 Å². The highest BCUT2D eigenvalue weighted by Gasteiger charge is 2.22. The Balaban J connectivity index is 1.87. The van der Waals surface area contributed by atoms with Gasteiger partial charge in [0.05, 0.1) is 31.2 Å². The molecule has 1 aromatic carbocycles. The van der Waals surface area contributed by atoms with Gasteiger partial charge in [0.15, 0.2) is 5.16 Å². The third-order valence-corrected chi connectivity index (χ3v) is 4.63. The van der Waals surface area contributed by atoms with Gasteiger partial charge in [-0.3, -0.25) is 9.36 Å². The van der Waals surface area contributed by atoms with Crippen LogP contribution < -0.4 is 10.2 Å². The third-order valence-electron chi connectivity index (χ3n) is 3.70. The average molecular weight is 375 g/mol. The summed E-state index contributed by atoms with van der Waals surface area (Å²) in [5.41, 5.74) is 0.600. The van der Waals surface area contributed by atoms with E-state index in [1.165, 1.54) is 23.9 Å². The number of nitrogens with one attached hydrogen (secondary N) is 1. The molecule has 0 unspecified atom stereocenters. The van der Waals surface area contributed by atoms with E-state index in [0.717, 1.165) is 0 Å². The Morgan fingerprint density at radius 1 is 1.38 bits per heavy atom. The van der Waals surface area contributed by atoms with E-state index in [0.29, 0.717) is 43.1 Å². The number of hydrogen-bond acceptors (Lipinski definition) is 6. The maximum atomic E-state index is 13.7. The average Bonchev–Trinajstić information content (AvgIpc) is 3.09. The molecule has 3 rings (SSSR count). The van der Waals surface area contributed by atoms with Crippen molar-refractivity contribution in [2.24, 2.45) is 0 Å². The monoisotopic (exact) mass is 375 g/mol. The molecule has 0 saturated carbocycles. The van der Waals surface area contributed by atoms with Gasteiger partial charge in [0, 0.05) is 13.1 Å². The molecule has 2 heterocycles. The van der Waals surface area contributed by atoms with E-state index in [-0.39, 0.29) is 24.0 Å². The fourth-order valence-corrected chi connectivity index (χ4v) is 3.27. The zero-order valence-electron chi connectivity index (χ0n) is 14.0. The van der Waals surface area contributed by atoms with Crippen LogP contribution in [0, 0.1) is 18.2 Å². The van der Waals surface area contributed by atoms with Crippen LogP contribution in [0.1, 0.15) is 0 Å². The summed E-state index contributed by atoms with van der Waals surface area (Å²) in [6, 6.07) is 6.19. The third kappa shape index (κ3) is 4.33. The normalized spacial score (nSPS) is 14.1. The molecule has 0 radical (unpaired) electrons. The molecule has 9 heteroatoms. The SMILES string of the molecule is C#CCNC(=O)CSc1nnc(N2CCOCC2)n1-c1cccc(F)c1. The van der Waals surface area contributed by atoms with Gasteiger partial charge < -0.3 is 15.0 Å². The van der Waals surface area contributed by atoms with Crippen molar-refractivity contribution in [1.29, 1.82) is 0 Å². The molecule has 0 bridgehead atoms. The number of benzene rings is 1. The summed E-state index contributed by atoms with van der Waals surface area (Å²) in [4.78, 5) is 13.8. The van der Waals surface area contributed by atoms with Crippen LogP contribution in [0.2, 0.25) is 0 Å². The van der Waals surface area contributed by atoms with Crippen LogP contribution in [-0.2, 0) is 9.53 Å². The lowest BCUT2D eigenvalue weighted by Crippen LogP contribution is -2.37. The summed E-state index contributed by atoms with van der Waals surface area (Å²) in [5.74, 6) is 2.54. The van der Waals surface area contributed by atoms with Crippen molar-refractivity contribution in [3.63, 3.8) is 0 Å². The van der Waals surface area contributed by atoms with Crippen LogP contribution in [0.4, 0.5) is 10.3 Å². The predicted molar refractivity (Wildman–Crippen MR) is 96.9 cm³/mol. The molecule has 0 spiro atoms. The van der Waals surface area contributed by atoms with Gasteiger partial charge in [0.2, 0.25) is 11.9 Å². The smallest absolute Gasteiger partial charge is 0.232 e. The molecule has 7 nitrogen and oxygen atoms in total. The van der Waals surface area contributed by atoms with Crippen LogP contribution in [0.25, 0.3) is 5.69 Å². The molecule has 0 atom stereocenters. The van der Waals surface area contributed by atoms with Crippen molar-refractivity contribution in [2.45, 2.75) is 5.16 Å². The molecule has 1 N–H and O–H groups in total. The van der Waals surface area contributed by atoms with Gasteiger partial charge in [-0.15, -0.1) is 16.6 Å². The molecular weight excluding hydrogens is 357 g/mol. The zero-order chi connectivity index (χ0) is 18.4. The van der Waals surface area contributed by atoms with Crippen molar-refractivity contribution >= 4 is 23.6 Å². The molecule has 0 aliphatic carbocycles. The lowest BCUT2D eigenvalue weighted by Gasteiger charge is -2.27. The van der Waals surface area contributed by atoms with Crippen molar-refractivity contribution in [2.75, 3.05) is 43.5 Å². The van der Waals surface area contributed by atoms with E-state index in [4.69, 9.17) is 11.2 Å². The molecule has 1 aliphatic rings. The first-order chi connectivity index (χ1) is 12.7. The van der Waals surface area contributed by atoms with Crippen molar-refractivity contribution < 1.29 is 13.9 Å². The molecular formula is C17H18FN5O2S. The van der Waals surface area contributed by atoms with E-state index < -0.39 is 0 Å². The fraction of sp³-hybridized carbons (Fsp3) is 0.353. The van der Waals surface area contributed by atoms with Crippen molar-refractivity contribution in [3.8, 4) is 18.0 Å². The first kappa shape index (κ1) is 18.2. The number of thioether (sulfide) groups is 1. The summed E-state index contributed by atoms with van der Waals surface area (Å²) < 4.78 is 20.9. The largest absolute Gasteiger partial charge is 0.378 e. The van der Waals surface area contributed by atoms with E-state index in [1.54, 1.807) is 16.7 Å². The molecule has 136 valence electrons. The predicted octanol–water partition coefficient (Wildman–Crippen LogP) is 1.08. The Hall–Kier alpha value is -2.57. The topological polar surface area (TPSA) is 72.3 Å². The van der Waals surface area contributed by atoms with Gasteiger partial charge in [-0.1, -0.05) is 23.7 Å². The number of carbonyl (C=O) groups is 1. The Morgan fingerprint density at radius 3 is 2.92 bits per heavy atom. The number of aromatic nitrogens is 3. The van der Waals surface area contributed by atoms with Crippen LogP contribution in [0.5, 0.6) is 0 Å². The quantitative estimate of drug-likeness (QED) is 0.602. The maximum absolute atomic E-state index is 13.7. The number of amides is 1. The van der Waals surface area contributed by atoms with E-state index >= 15 is 0 Å². The summed E-state index contributed by atoms with van der Waals surface area (Å²) >= 11 is 1.22. The van der Waals surface area contributed by atoms with Crippen LogP contribution in [0.3, 0.4) is 0 Å². The molecule has 1 aromatic heterocycles. The Kier molecular flexibility index (Phi) is 6.09. The fourth-order valence-electron chi connectivity index (χ4n) is 2.50. The summed E-state index contributed by atoms with van der Waals surface area (Å²) in [7, 11) is 0. The second kappa shape index (κ2) is 8.69. The number of nitrogens with zero attached hydrogens (tertiary/aromatic N) is 4. The second-order valence-electron chi connectivity index (χ2n) is 5.47. The minimum absolute atomic E-state index is 0.137. The van der Waals surface area contributed by atoms with Gasteiger partial charge in [0.1, 0.15) is 5.82 Å². The van der Waals surface area contributed by atoms with E-state index in [9.17, 15) is 9.18 Å². The van der Waals surface area contributed by atoms with E-state index in [2.05, 4.69) is 21.4 Å². The Bertz CT molecular complexity index is 814. The van der Waals surface area contributed by atoms with Crippen molar-refractivity contribution in [1.82, 2.24) is 20.1 Å². The van der Waals surface area contributed by atoms with Gasteiger partial charge in [0.25, 0.3) is 0 Å². The standard InChI is InChI=1S/C17H18FN5O2S/c1-2-6-19-15(24)12-26-17-21-20-16(22-7-9-25-10-8-22)23(17)14-5-3-4-13(18)11-14/h1,3-5,11H,6-10,12H2,(H,19,24). The number of ether oxygens (including phenoxy) is 1. The maximum Gasteiger partial charge on any atom is 0.232 e. The Labute approximate surface area is 154 Å². The molecule has 1 amide bonds. The number of rotatable bonds is 6. The number of carbonyl (C=O) groups excluding carboxylic acids is 1. The van der Waals surface area contributed by atoms with Crippen LogP contribution in [-0.4, -0.2) is 59.3 Å². The lowest BCUT2D eigenvalue weighted by molar-refractivity contribution is -0.118. The zero-order valence-corrected chi connectivity index (χ0v) is 14.8. The number of terminal acetylenes is 1. The van der Waals surface area contributed by atoms with E-state index in [1.807, 2.05) is 4.90 Å². The number of halogens is 1. The minimum atomic E-state index is -0.355. The van der Waals surface area contributed by atoms with Crippen LogP contribution in [0.15, 0.2) is 29.4 Å². The Morgan fingerprint density at radius 2 is 2.19 bits per heavy atom. The molecule has 2 aromatic rings. The van der Waals surface area contributed by atoms with Crippen LogP contribution >= 0.6 is 11.8 Å². The summed E-state index contributed by atoms with van der Waals surface area (Å²) in [5, 5.41) is 11.6. The lowest BCUT2D eigenvalue weighted by atomic mass is 10.3. The van der Waals surface area contributed by atoms with Gasteiger partial charge in [-0.25, -0.2) is 4.39 Å². The number of anilines is 1. The second-order valence-corrected chi connectivity index (χ2v) is 6.41. The number of hydrogen-bond donors (Lipinski definition) is 1. The van der Waals surface area contributed by atoms with Gasteiger partial charge in [-0.05, 0) is 18.2 Å². The van der Waals surface area contributed by atoms with Gasteiger partial charge in [-0.2, -0.15) is 0 Å². The molecule has 1 saturated heterocycles. The minimum Gasteiger partial charge on any atom is -0.378 e. The summed E-state index contributed by atoms with van der Waals surface area (Å²) in [6.45, 7) is 2.69. The number of morpholine rings is 1. The molecule has 1 aliphatic heterocycles. The van der Waals surface area contributed by atoms with Crippen molar-refractivity contribution in [3.05, 3.63) is 30.1 Å². The first-order valence-electron chi connectivity index (χ1n) is 8.06. The molecule has 26 heavy (non-hydrogen) atoms. The molecule has 1 fully saturated rings.